The van der Waals surface area contributed by atoms with Crippen molar-refractivity contribution in [3.8, 4) is 11.5 Å². The maximum atomic E-state index is 12.3. The number of benzene rings is 1. The highest BCUT2D eigenvalue weighted by molar-refractivity contribution is 6.32. The lowest BCUT2D eigenvalue weighted by atomic mass is 10.2. The minimum atomic E-state index is -0.338. The van der Waals surface area contributed by atoms with Crippen molar-refractivity contribution in [1.29, 1.82) is 0 Å². The monoisotopic (exact) mass is 411 g/mol. The number of aromatic nitrogens is 2. The lowest BCUT2D eigenvalue weighted by Gasteiger charge is -2.12. The highest BCUT2D eigenvalue weighted by Gasteiger charge is 2.13. The predicted octanol–water partition coefficient (Wildman–Crippen LogP) is 4.97. The largest absolute Gasteiger partial charge is 0.495 e. The summed E-state index contributed by atoms with van der Waals surface area (Å²) in [4.78, 5) is 12.3. The smallest absolute Gasteiger partial charge is 0.248 e. The van der Waals surface area contributed by atoms with E-state index in [1.54, 1.807) is 22.9 Å². The average Bonchev–Trinajstić information content (AvgIpc) is 2.92. The van der Waals surface area contributed by atoms with E-state index in [2.05, 4.69) is 17.3 Å². The Morgan fingerprint density at radius 2 is 1.96 bits per heavy atom. The fraction of sp³-hybridized carbons (Fsp3) is 0.368. The number of anilines is 1. The number of halogens is 2. The number of nitrogens with zero attached hydrogens (tertiary/aromatic N) is 2. The first-order chi connectivity index (χ1) is 12.9. The number of nitrogens with one attached hydrogen (secondary N) is 1. The highest BCUT2D eigenvalue weighted by Crippen LogP contribution is 2.35. The molecule has 0 bridgehead atoms. The molecule has 0 aliphatic rings. The summed E-state index contributed by atoms with van der Waals surface area (Å²) in [5.41, 5.74) is 1.95. The van der Waals surface area contributed by atoms with Gasteiger partial charge in [-0.15, -0.1) is 0 Å². The van der Waals surface area contributed by atoms with Gasteiger partial charge in [0.25, 0.3) is 0 Å². The highest BCUT2D eigenvalue weighted by atomic mass is 35.5. The predicted molar refractivity (Wildman–Crippen MR) is 109 cm³/mol. The molecule has 0 radical (unpaired) electrons. The molecule has 0 saturated heterocycles. The van der Waals surface area contributed by atoms with E-state index in [-0.39, 0.29) is 5.91 Å². The number of carbonyl (C=O) groups excluding carboxylic acids is 1. The van der Waals surface area contributed by atoms with Gasteiger partial charge in [0, 0.05) is 30.3 Å². The van der Waals surface area contributed by atoms with Crippen LogP contribution in [0.4, 0.5) is 5.69 Å². The van der Waals surface area contributed by atoms with Crippen LogP contribution in [0.1, 0.15) is 31.0 Å². The van der Waals surface area contributed by atoms with Crippen LogP contribution in [0.3, 0.4) is 0 Å². The van der Waals surface area contributed by atoms with Gasteiger partial charge in [-0.1, -0.05) is 36.5 Å². The van der Waals surface area contributed by atoms with E-state index in [0.717, 1.165) is 30.6 Å². The number of amides is 1. The zero-order valence-electron chi connectivity index (χ0n) is 15.8. The van der Waals surface area contributed by atoms with Gasteiger partial charge in [-0.3, -0.25) is 9.48 Å². The topological polar surface area (TPSA) is 65.4 Å². The Morgan fingerprint density at radius 1 is 1.26 bits per heavy atom. The van der Waals surface area contributed by atoms with Crippen LogP contribution in [0, 0.1) is 6.92 Å². The van der Waals surface area contributed by atoms with Gasteiger partial charge in [-0.25, -0.2) is 0 Å². The van der Waals surface area contributed by atoms with E-state index in [1.807, 2.05) is 6.92 Å². The summed E-state index contributed by atoms with van der Waals surface area (Å²) in [7, 11) is 3.00. The minimum Gasteiger partial charge on any atom is -0.495 e. The maximum Gasteiger partial charge on any atom is 0.248 e. The molecule has 0 spiro atoms. The van der Waals surface area contributed by atoms with Crippen molar-refractivity contribution < 1.29 is 14.3 Å². The number of methoxy groups -OCH3 is 2. The zero-order chi connectivity index (χ0) is 20.0. The van der Waals surface area contributed by atoms with E-state index >= 15 is 0 Å². The molecule has 2 aromatic rings. The summed E-state index contributed by atoms with van der Waals surface area (Å²) in [5, 5.41) is 8.09. The molecule has 0 fully saturated rings. The van der Waals surface area contributed by atoms with Crippen LogP contribution >= 0.6 is 23.2 Å². The SMILES string of the molecule is CCCCn1nc(C)c(/C=C/C(=O)Nc2cc(OC)c(Cl)cc2OC)c1Cl. The first-order valence-electron chi connectivity index (χ1n) is 8.54. The second-order valence-electron chi connectivity index (χ2n) is 5.88. The fourth-order valence-electron chi connectivity index (χ4n) is 2.50. The molecular weight excluding hydrogens is 389 g/mol. The number of unbranched alkanes of at least 4 members (excludes halogenated alkanes) is 1. The number of aryl methyl sites for hydroxylation is 2. The summed E-state index contributed by atoms with van der Waals surface area (Å²) in [5.74, 6) is 0.534. The van der Waals surface area contributed by atoms with Crippen LogP contribution in [0.25, 0.3) is 6.08 Å². The van der Waals surface area contributed by atoms with Gasteiger partial charge in [-0.05, 0) is 19.4 Å². The lowest BCUT2D eigenvalue weighted by Crippen LogP contribution is -2.09. The van der Waals surface area contributed by atoms with Crippen molar-refractivity contribution in [3.05, 3.63) is 39.6 Å². The first-order valence-corrected chi connectivity index (χ1v) is 9.30. The van der Waals surface area contributed by atoms with Gasteiger partial charge in [0.15, 0.2) is 0 Å². The summed E-state index contributed by atoms with van der Waals surface area (Å²) < 4.78 is 12.2. The minimum absolute atomic E-state index is 0.338. The van der Waals surface area contributed by atoms with E-state index in [1.165, 1.54) is 20.3 Å². The molecule has 2 rings (SSSR count). The number of rotatable bonds is 8. The third-order valence-electron chi connectivity index (χ3n) is 3.97. The van der Waals surface area contributed by atoms with E-state index in [4.69, 9.17) is 32.7 Å². The zero-order valence-corrected chi connectivity index (χ0v) is 17.3. The van der Waals surface area contributed by atoms with Crippen molar-refractivity contribution in [2.45, 2.75) is 33.2 Å². The lowest BCUT2D eigenvalue weighted by molar-refractivity contribution is -0.111. The number of hydrogen-bond acceptors (Lipinski definition) is 4. The second kappa shape index (κ2) is 9.67. The third-order valence-corrected chi connectivity index (χ3v) is 4.66. The van der Waals surface area contributed by atoms with Gasteiger partial charge >= 0.3 is 0 Å². The molecule has 8 heteroatoms. The van der Waals surface area contributed by atoms with Crippen LogP contribution in [0.5, 0.6) is 11.5 Å². The summed E-state index contributed by atoms with van der Waals surface area (Å²) >= 11 is 12.5. The van der Waals surface area contributed by atoms with Crippen LogP contribution in [-0.2, 0) is 11.3 Å². The Labute approximate surface area is 169 Å². The van der Waals surface area contributed by atoms with Crippen LogP contribution < -0.4 is 14.8 Å². The van der Waals surface area contributed by atoms with Crippen molar-refractivity contribution in [2.24, 2.45) is 0 Å². The van der Waals surface area contributed by atoms with Gasteiger partial charge in [0.2, 0.25) is 5.91 Å². The van der Waals surface area contributed by atoms with Crippen molar-refractivity contribution in [2.75, 3.05) is 19.5 Å². The Hall–Kier alpha value is -2.18. The fourth-order valence-corrected chi connectivity index (χ4v) is 3.06. The number of carbonyl (C=O) groups is 1. The molecule has 27 heavy (non-hydrogen) atoms. The maximum absolute atomic E-state index is 12.3. The molecule has 0 aliphatic heterocycles. The second-order valence-corrected chi connectivity index (χ2v) is 6.64. The summed E-state index contributed by atoms with van der Waals surface area (Å²) in [6.45, 7) is 4.71. The standard InChI is InChI=1S/C19H23Cl2N3O3/c1-5-6-9-24-19(21)13(12(2)23-24)7-8-18(25)22-15-11-16(26-3)14(20)10-17(15)27-4/h7-8,10-11H,5-6,9H2,1-4H3,(H,22,25)/b8-7+. The van der Waals surface area contributed by atoms with Crippen molar-refractivity contribution in [3.63, 3.8) is 0 Å². The van der Waals surface area contributed by atoms with Gasteiger partial charge < -0.3 is 14.8 Å². The molecular formula is C19H23Cl2N3O3. The van der Waals surface area contributed by atoms with Gasteiger partial charge in [0.1, 0.15) is 16.7 Å². The Balaban J connectivity index is 2.18. The average molecular weight is 412 g/mol. The van der Waals surface area contributed by atoms with E-state index in [9.17, 15) is 4.79 Å². The molecule has 1 aromatic carbocycles. The Morgan fingerprint density at radius 3 is 2.59 bits per heavy atom. The normalized spacial score (nSPS) is 11.0. The molecule has 1 amide bonds. The molecule has 146 valence electrons. The van der Waals surface area contributed by atoms with Crippen LogP contribution in [0.15, 0.2) is 18.2 Å². The number of hydrogen-bond donors (Lipinski definition) is 1. The quantitative estimate of drug-likeness (QED) is 0.622. The van der Waals surface area contributed by atoms with Crippen molar-refractivity contribution >= 4 is 40.9 Å². The molecule has 6 nitrogen and oxygen atoms in total. The molecule has 1 aromatic heterocycles. The molecule has 1 N–H and O–H groups in total. The van der Waals surface area contributed by atoms with Crippen LogP contribution in [0.2, 0.25) is 10.2 Å². The van der Waals surface area contributed by atoms with Crippen molar-refractivity contribution in [1.82, 2.24) is 9.78 Å². The van der Waals surface area contributed by atoms with E-state index < -0.39 is 0 Å². The molecule has 0 atom stereocenters. The van der Waals surface area contributed by atoms with Gasteiger partial charge in [0.05, 0.1) is 30.6 Å². The molecule has 0 unspecified atom stereocenters. The Kier molecular flexibility index (Phi) is 7.56. The first kappa shape index (κ1) is 21.1. The van der Waals surface area contributed by atoms with Gasteiger partial charge in [-0.2, -0.15) is 5.10 Å². The number of ether oxygens (including phenoxy) is 2. The molecule has 1 heterocycles. The summed E-state index contributed by atoms with van der Waals surface area (Å²) in [6.07, 6.45) is 5.10. The Bertz CT molecular complexity index is 847. The third kappa shape index (κ3) is 5.17. The summed E-state index contributed by atoms with van der Waals surface area (Å²) in [6, 6.07) is 3.19. The van der Waals surface area contributed by atoms with Crippen LogP contribution in [-0.4, -0.2) is 29.9 Å². The molecule has 0 saturated carbocycles. The van der Waals surface area contributed by atoms with E-state index in [0.29, 0.717) is 27.4 Å². The molecule has 0 aliphatic carbocycles.